The molecule has 5 heteroatoms. The number of nitrogens with zero attached hydrogens (tertiary/aromatic N) is 1. The Kier molecular flexibility index (Phi) is 3.89. The van der Waals surface area contributed by atoms with Gasteiger partial charge in [0.1, 0.15) is 0 Å². The Hall–Kier alpha value is -1.80. The highest BCUT2D eigenvalue weighted by atomic mass is 16.1. The van der Waals surface area contributed by atoms with Crippen molar-refractivity contribution in [3.63, 3.8) is 0 Å². The average molecular weight is 206 g/mol. The van der Waals surface area contributed by atoms with Crippen LogP contribution < -0.4 is 10.6 Å². The molecule has 0 aliphatic rings. The molecule has 15 heavy (non-hydrogen) atoms. The van der Waals surface area contributed by atoms with Crippen molar-refractivity contribution in [2.75, 3.05) is 18.4 Å². The Morgan fingerprint density at radius 3 is 2.87 bits per heavy atom. The Morgan fingerprint density at radius 2 is 2.33 bits per heavy atom. The molecule has 0 radical (unpaired) electrons. The van der Waals surface area contributed by atoms with E-state index in [1.807, 2.05) is 13.8 Å². The zero-order valence-corrected chi connectivity index (χ0v) is 8.85. The zero-order valence-electron chi connectivity index (χ0n) is 8.85. The number of hydrogen-bond donors (Lipinski definition) is 3. The molecule has 1 aromatic heterocycles. The first-order valence-electron chi connectivity index (χ1n) is 4.60. The van der Waals surface area contributed by atoms with Gasteiger partial charge in [0.2, 0.25) is 5.91 Å². The molecule has 80 valence electrons. The van der Waals surface area contributed by atoms with E-state index in [0.29, 0.717) is 6.54 Å². The predicted molar refractivity (Wildman–Crippen MR) is 58.4 cm³/mol. The first kappa shape index (κ1) is 11.3. The van der Waals surface area contributed by atoms with Crippen molar-refractivity contribution in [2.24, 2.45) is 0 Å². The number of terminal acetylenes is 1. The van der Waals surface area contributed by atoms with Gasteiger partial charge in [0.15, 0.2) is 0 Å². The molecule has 1 heterocycles. The maximum absolute atomic E-state index is 11.4. The lowest BCUT2D eigenvalue weighted by Crippen LogP contribution is -2.28. The van der Waals surface area contributed by atoms with Crippen molar-refractivity contribution in [2.45, 2.75) is 13.8 Å². The summed E-state index contributed by atoms with van der Waals surface area (Å²) in [6.45, 7) is 4.27. The number of carbonyl (C=O) groups is 1. The molecule has 0 saturated heterocycles. The summed E-state index contributed by atoms with van der Waals surface area (Å²) in [6.07, 6.45) is 5.04. The maximum Gasteiger partial charge on any atom is 0.238 e. The number of amides is 1. The molecule has 0 fully saturated rings. The summed E-state index contributed by atoms with van der Waals surface area (Å²) in [4.78, 5) is 11.4. The van der Waals surface area contributed by atoms with E-state index in [4.69, 9.17) is 6.42 Å². The van der Waals surface area contributed by atoms with E-state index in [2.05, 4.69) is 26.8 Å². The molecule has 1 rings (SSSR count). The van der Waals surface area contributed by atoms with Crippen molar-refractivity contribution in [3.05, 3.63) is 11.4 Å². The summed E-state index contributed by atoms with van der Waals surface area (Å²) < 4.78 is 0. The lowest BCUT2D eigenvalue weighted by Gasteiger charge is -2.04. The molecule has 0 aliphatic heterocycles. The smallest absolute Gasteiger partial charge is 0.238 e. The summed E-state index contributed by atoms with van der Waals surface area (Å²) in [5.41, 5.74) is 2.36. The Balaban J connectivity index is 2.48. The van der Waals surface area contributed by atoms with Gasteiger partial charge in [-0.25, -0.2) is 0 Å². The van der Waals surface area contributed by atoms with Crippen molar-refractivity contribution < 1.29 is 4.79 Å². The van der Waals surface area contributed by atoms with Crippen LogP contribution in [0.4, 0.5) is 5.69 Å². The second-order valence-corrected chi connectivity index (χ2v) is 3.16. The topological polar surface area (TPSA) is 69.8 Å². The van der Waals surface area contributed by atoms with E-state index in [1.54, 1.807) is 0 Å². The van der Waals surface area contributed by atoms with E-state index < -0.39 is 0 Å². The van der Waals surface area contributed by atoms with Crippen LogP contribution in [0, 0.1) is 26.2 Å². The Bertz CT molecular complexity index is 369. The molecule has 1 aromatic rings. The van der Waals surface area contributed by atoms with Crippen LogP contribution >= 0.6 is 0 Å². The van der Waals surface area contributed by atoms with Crippen LogP contribution in [-0.2, 0) is 4.79 Å². The minimum atomic E-state index is -0.127. The lowest BCUT2D eigenvalue weighted by molar-refractivity contribution is -0.115. The highest BCUT2D eigenvalue weighted by Crippen LogP contribution is 2.15. The number of nitrogens with one attached hydrogen (secondary N) is 3. The van der Waals surface area contributed by atoms with E-state index in [-0.39, 0.29) is 12.5 Å². The fourth-order valence-electron chi connectivity index (χ4n) is 1.17. The number of rotatable bonds is 4. The van der Waals surface area contributed by atoms with Crippen LogP contribution in [0.1, 0.15) is 11.4 Å². The van der Waals surface area contributed by atoms with E-state index in [9.17, 15) is 4.79 Å². The zero-order chi connectivity index (χ0) is 11.3. The predicted octanol–water partition coefficient (Wildman–Crippen LogP) is 0.188. The highest BCUT2D eigenvalue weighted by Gasteiger charge is 2.09. The molecule has 0 aromatic carbocycles. The van der Waals surface area contributed by atoms with Gasteiger partial charge in [-0.1, -0.05) is 5.92 Å². The van der Waals surface area contributed by atoms with Gasteiger partial charge in [0.25, 0.3) is 0 Å². The molecule has 0 atom stereocenters. The van der Waals surface area contributed by atoms with Crippen LogP contribution in [0.3, 0.4) is 0 Å². The minimum Gasteiger partial charge on any atom is -0.322 e. The molecule has 0 unspecified atom stereocenters. The number of aromatic nitrogens is 2. The maximum atomic E-state index is 11.4. The molecule has 0 aliphatic carbocycles. The third-order valence-electron chi connectivity index (χ3n) is 1.91. The van der Waals surface area contributed by atoms with Gasteiger partial charge in [-0.2, -0.15) is 5.10 Å². The molecule has 1 amide bonds. The molecule has 0 bridgehead atoms. The van der Waals surface area contributed by atoms with Gasteiger partial charge in [-0.3, -0.25) is 15.2 Å². The number of anilines is 1. The third-order valence-corrected chi connectivity index (χ3v) is 1.91. The van der Waals surface area contributed by atoms with Gasteiger partial charge in [-0.05, 0) is 13.8 Å². The summed E-state index contributed by atoms with van der Waals surface area (Å²) >= 11 is 0. The fourth-order valence-corrected chi connectivity index (χ4v) is 1.17. The van der Waals surface area contributed by atoms with Crippen molar-refractivity contribution >= 4 is 11.6 Å². The van der Waals surface area contributed by atoms with E-state index in [0.717, 1.165) is 17.1 Å². The van der Waals surface area contributed by atoms with Crippen LogP contribution in [0.25, 0.3) is 0 Å². The normalized spacial score (nSPS) is 9.67. The molecule has 0 saturated carbocycles. The first-order valence-corrected chi connectivity index (χ1v) is 4.60. The van der Waals surface area contributed by atoms with E-state index in [1.165, 1.54) is 0 Å². The van der Waals surface area contributed by atoms with Crippen molar-refractivity contribution in [3.8, 4) is 12.3 Å². The van der Waals surface area contributed by atoms with Crippen LogP contribution in [-0.4, -0.2) is 29.2 Å². The standard InChI is InChI=1S/C10H14N4O/c1-4-5-11-6-9(15)12-10-7(2)13-14-8(10)3/h1,11H,5-6H2,2-3H3,(H,12,15)(H,13,14). The number of carbonyl (C=O) groups excluding carboxylic acids is 1. The third kappa shape index (κ3) is 3.11. The number of hydrogen-bond acceptors (Lipinski definition) is 3. The average Bonchev–Trinajstić information content (AvgIpc) is 2.50. The molecule has 0 spiro atoms. The largest absolute Gasteiger partial charge is 0.322 e. The summed E-state index contributed by atoms with van der Waals surface area (Å²) in [6, 6.07) is 0. The van der Waals surface area contributed by atoms with Gasteiger partial charge >= 0.3 is 0 Å². The molecular formula is C10H14N4O. The molecule has 5 nitrogen and oxygen atoms in total. The quantitative estimate of drug-likeness (QED) is 0.486. The van der Waals surface area contributed by atoms with Crippen molar-refractivity contribution in [1.82, 2.24) is 15.5 Å². The lowest BCUT2D eigenvalue weighted by atomic mass is 10.3. The number of aromatic amines is 1. The van der Waals surface area contributed by atoms with Crippen LogP contribution in [0.2, 0.25) is 0 Å². The summed E-state index contributed by atoms with van der Waals surface area (Å²) in [5, 5.41) is 12.3. The first-order chi connectivity index (χ1) is 7.15. The van der Waals surface area contributed by atoms with Crippen LogP contribution in [0.5, 0.6) is 0 Å². The fraction of sp³-hybridized carbons (Fsp3) is 0.400. The number of H-pyrrole nitrogens is 1. The second kappa shape index (κ2) is 5.17. The highest BCUT2D eigenvalue weighted by molar-refractivity contribution is 5.93. The summed E-state index contributed by atoms with van der Waals surface area (Å²) in [5.74, 6) is 2.27. The SMILES string of the molecule is C#CCNCC(=O)Nc1c(C)n[nH]c1C. The minimum absolute atomic E-state index is 0.127. The Morgan fingerprint density at radius 1 is 1.60 bits per heavy atom. The van der Waals surface area contributed by atoms with Gasteiger partial charge in [0, 0.05) is 0 Å². The van der Waals surface area contributed by atoms with Gasteiger partial charge in [-0.15, -0.1) is 6.42 Å². The molecule has 3 N–H and O–H groups in total. The summed E-state index contributed by atoms with van der Waals surface area (Å²) in [7, 11) is 0. The number of aryl methyl sites for hydroxylation is 2. The van der Waals surface area contributed by atoms with Gasteiger partial charge in [0.05, 0.1) is 30.2 Å². The van der Waals surface area contributed by atoms with E-state index >= 15 is 0 Å². The monoisotopic (exact) mass is 206 g/mol. The molecular weight excluding hydrogens is 192 g/mol. The second-order valence-electron chi connectivity index (χ2n) is 3.16. The Labute approximate surface area is 88.6 Å². The van der Waals surface area contributed by atoms with Gasteiger partial charge < -0.3 is 5.32 Å². The van der Waals surface area contributed by atoms with Crippen molar-refractivity contribution in [1.29, 1.82) is 0 Å². The van der Waals surface area contributed by atoms with Crippen LogP contribution in [0.15, 0.2) is 0 Å².